The molecule has 0 aliphatic carbocycles. The first kappa shape index (κ1) is 13.7. The molecule has 110 valence electrons. The lowest BCUT2D eigenvalue weighted by atomic mass is 9.81. The van der Waals surface area contributed by atoms with Crippen LogP contribution < -0.4 is 4.74 Å². The topological polar surface area (TPSA) is 73.7 Å². The molecule has 0 aromatic carbocycles. The Labute approximate surface area is 118 Å². The summed E-state index contributed by atoms with van der Waals surface area (Å²) in [6.45, 7) is 2.03. The predicted molar refractivity (Wildman–Crippen MR) is 70.4 cm³/mol. The normalized spacial score (nSPS) is 31.4. The number of ether oxygens (including phenoxy) is 3. The van der Waals surface area contributed by atoms with Crippen molar-refractivity contribution >= 4 is 0 Å². The number of aromatic nitrogens is 2. The summed E-state index contributed by atoms with van der Waals surface area (Å²) in [7, 11) is 1.55. The molecule has 0 saturated carbocycles. The Bertz CT molecular complexity index is 462. The van der Waals surface area contributed by atoms with Gasteiger partial charge in [-0.05, 0) is 18.8 Å². The summed E-state index contributed by atoms with van der Waals surface area (Å²) >= 11 is 0. The van der Waals surface area contributed by atoms with E-state index in [0.717, 1.165) is 25.9 Å². The highest BCUT2D eigenvalue weighted by molar-refractivity contribution is 5.16. The van der Waals surface area contributed by atoms with Gasteiger partial charge in [0.15, 0.2) is 0 Å². The van der Waals surface area contributed by atoms with E-state index in [2.05, 4.69) is 9.97 Å². The van der Waals surface area contributed by atoms with Gasteiger partial charge in [0, 0.05) is 25.7 Å². The van der Waals surface area contributed by atoms with Crippen LogP contribution in [0.1, 0.15) is 31.1 Å². The van der Waals surface area contributed by atoms with Crippen LogP contribution >= 0.6 is 0 Å². The predicted octanol–water partition coefficient (Wildman–Crippen LogP) is 1.10. The fraction of sp³-hybridized carbons (Fsp3) is 0.714. The smallest absolute Gasteiger partial charge is 0.216 e. The highest BCUT2D eigenvalue weighted by atomic mass is 16.6. The van der Waals surface area contributed by atoms with Gasteiger partial charge in [0.25, 0.3) is 0 Å². The molecule has 0 bridgehead atoms. The van der Waals surface area contributed by atoms with Gasteiger partial charge in [-0.25, -0.2) is 9.97 Å². The van der Waals surface area contributed by atoms with Gasteiger partial charge in [-0.3, -0.25) is 0 Å². The van der Waals surface area contributed by atoms with Gasteiger partial charge in [0.1, 0.15) is 6.33 Å². The molecule has 1 aromatic rings. The third-order valence-corrected chi connectivity index (χ3v) is 4.22. The second-order valence-electron chi connectivity index (χ2n) is 5.52. The van der Waals surface area contributed by atoms with Crippen LogP contribution in [0.4, 0.5) is 0 Å². The van der Waals surface area contributed by atoms with Gasteiger partial charge < -0.3 is 19.3 Å². The third kappa shape index (κ3) is 2.63. The molecular formula is C14H20N2O4. The molecule has 1 spiro atoms. The van der Waals surface area contributed by atoms with Crippen LogP contribution in [0.5, 0.6) is 5.88 Å². The minimum Gasteiger partial charge on any atom is -0.481 e. The Morgan fingerprint density at radius 1 is 1.45 bits per heavy atom. The van der Waals surface area contributed by atoms with Crippen LogP contribution in [0.15, 0.2) is 12.4 Å². The van der Waals surface area contributed by atoms with E-state index in [4.69, 9.17) is 14.2 Å². The van der Waals surface area contributed by atoms with Gasteiger partial charge in [-0.2, -0.15) is 0 Å². The molecule has 0 amide bonds. The highest BCUT2D eigenvalue weighted by Crippen LogP contribution is 2.40. The quantitative estimate of drug-likeness (QED) is 0.894. The summed E-state index contributed by atoms with van der Waals surface area (Å²) in [4.78, 5) is 8.13. The van der Waals surface area contributed by atoms with Crippen molar-refractivity contribution in [2.24, 2.45) is 5.92 Å². The van der Waals surface area contributed by atoms with Gasteiger partial charge in [0.2, 0.25) is 5.88 Å². The summed E-state index contributed by atoms with van der Waals surface area (Å²) < 4.78 is 16.4. The number of rotatable bonds is 3. The molecular weight excluding hydrogens is 260 g/mol. The lowest BCUT2D eigenvalue weighted by Crippen LogP contribution is -2.42. The second kappa shape index (κ2) is 5.63. The maximum atomic E-state index is 10.6. The fourth-order valence-electron chi connectivity index (χ4n) is 3.07. The van der Waals surface area contributed by atoms with Crippen molar-refractivity contribution in [3.05, 3.63) is 18.1 Å². The minimum absolute atomic E-state index is 0.130. The molecule has 3 heterocycles. The summed E-state index contributed by atoms with van der Waals surface area (Å²) in [5.74, 6) is 0.602. The molecule has 2 aliphatic heterocycles. The Balaban J connectivity index is 1.74. The zero-order valence-corrected chi connectivity index (χ0v) is 11.6. The Hall–Kier alpha value is -1.24. The van der Waals surface area contributed by atoms with E-state index in [1.165, 1.54) is 6.33 Å². The summed E-state index contributed by atoms with van der Waals surface area (Å²) in [5, 5.41) is 10.6. The van der Waals surface area contributed by atoms with Crippen LogP contribution in [0, 0.1) is 5.92 Å². The van der Waals surface area contributed by atoms with Gasteiger partial charge in [-0.1, -0.05) is 0 Å². The van der Waals surface area contributed by atoms with E-state index in [0.29, 0.717) is 24.8 Å². The van der Waals surface area contributed by atoms with Gasteiger partial charge in [0.05, 0.1) is 31.1 Å². The zero-order valence-electron chi connectivity index (χ0n) is 11.6. The molecule has 3 unspecified atom stereocenters. The van der Waals surface area contributed by atoms with E-state index >= 15 is 0 Å². The summed E-state index contributed by atoms with van der Waals surface area (Å²) in [6, 6.07) is 1.69. The molecule has 2 saturated heterocycles. The molecule has 3 rings (SSSR count). The van der Waals surface area contributed by atoms with Crippen LogP contribution in [-0.2, 0) is 9.47 Å². The van der Waals surface area contributed by atoms with E-state index in [9.17, 15) is 5.11 Å². The Morgan fingerprint density at radius 2 is 2.35 bits per heavy atom. The largest absolute Gasteiger partial charge is 0.481 e. The van der Waals surface area contributed by atoms with E-state index < -0.39 is 6.10 Å². The van der Waals surface area contributed by atoms with Crippen molar-refractivity contribution in [1.82, 2.24) is 9.97 Å². The molecule has 6 nitrogen and oxygen atoms in total. The first-order valence-electron chi connectivity index (χ1n) is 6.98. The molecule has 3 atom stereocenters. The van der Waals surface area contributed by atoms with Crippen molar-refractivity contribution in [3.8, 4) is 5.88 Å². The number of aliphatic hydroxyl groups is 1. The van der Waals surface area contributed by atoms with Crippen LogP contribution in [0.25, 0.3) is 0 Å². The molecule has 2 fully saturated rings. The van der Waals surface area contributed by atoms with Crippen LogP contribution in [0.2, 0.25) is 0 Å². The molecule has 6 heteroatoms. The van der Waals surface area contributed by atoms with Crippen molar-refractivity contribution in [2.75, 3.05) is 26.9 Å². The lowest BCUT2D eigenvalue weighted by molar-refractivity contribution is -0.117. The first-order chi connectivity index (χ1) is 9.72. The lowest BCUT2D eigenvalue weighted by Gasteiger charge is -2.38. The average molecular weight is 280 g/mol. The molecule has 20 heavy (non-hydrogen) atoms. The highest BCUT2D eigenvalue weighted by Gasteiger charge is 2.43. The van der Waals surface area contributed by atoms with E-state index in [-0.39, 0.29) is 11.5 Å². The monoisotopic (exact) mass is 280 g/mol. The van der Waals surface area contributed by atoms with Crippen molar-refractivity contribution in [2.45, 2.75) is 31.0 Å². The average Bonchev–Trinajstić information content (AvgIpc) is 2.94. The van der Waals surface area contributed by atoms with Crippen LogP contribution in [-0.4, -0.2) is 47.6 Å². The number of hydrogen-bond donors (Lipinski definition) is 1. The minimum atomic E-state index is -0.617. The molecule has 1 aromatic heterocycles. The van der Waals surface area contributed by atoms with Crippen LogP contribution in [0.3, 0.4) is 0 Å². The number of methoxy groups -OCH3 is 1. The van der Waals surface area contributed by atoms with Crippen molar-refractivity contribution in [1.29, 1.82) is 0 Å². The fourth-order valence-corrected chi connectivity index (χ4v) is 3.07. The van der Waals surface area contributed by atoms with E-state index in [1.807, 2.05) is 0 Å². The third-order valence-electron chi connectivity index (χ3n) is 4.22. The maximum Gasteiger partial charge on any atom is 0.216 e. The van der Waals surface area contributed by atoms with Crippen molar-refractivity contribution in [3.63, 3.8) is 0 Å². The standard InChI is InChI=1S/C14H20N2O4/c1-18-12-6-11(15-9-16-12)13(17)10-2-4-20-14(7-10)3-5-19-8-14/h6,9-10,13,17H,2-5,7-8H2,1H3. The summed E-state index contributed by atoms with van der Waals surface area (Å²) in [5.41, 5.74) is 0.402. The van der Waals surface area contributed by atoms with Crippen molar-refractivity contribution < 1.29 is 19.3 Å². The first-order valence-corrected chi connectivity index (χ1v) is 6.98. The number of hydrogen-bond acceptors (Lipinski definition) is 6. The second-order valence-corrected chi connectivity index (χ2v) is 5.52. The molecule has 0 radical (unpaired) electrons. The Morgan fingerprint density at radius 3 is 3.10 bits per heavy atom. The van der Waals surface area contributed by atoms with Gasteiger partial charge >= 0.3 is 0 Å². The number of aliphatic hydroxyl groups excluding tert-OH is 1. The van der Waals surface area contributed by atoms with Gasteiger partial charge in [-0.15, -0.1) is 0 Å². The van der Waals surface area contributed by atoms with E-state index in [1.54, 1.807) is 13.2 Å². The zero-order chi connectivity index (χ0) is 14.0. The molecule has 1 N–H and O–H groups in total. The number of nitrogens with zero attached hydrogens (tertiary/aromatic N) is 2. The SMILES string of the molecule is COc1cc(C(O)C2CCOC3(CCOC3)C2)ncn1. The Kier molecular flexibility index (Phi) is 3.87. The summed E-state index contributed by atoms with van der Waals surface area (Å²) in [6.07, 6.45) is 3.35. The molecule has 2 aliphatic rings. The maximum absolute atomic E-state index is 10.6.